The largest absolute Gasteiger partial charge is 0.396 e. The lowest BCUT2D eigenvalue weighted by Crippen LogP contribution is -2.15. The van der Waals surface area contributed by atoms with Gasteiger partial charge in [-0.3, -0.25) is 0 Å². The second-order valence-corrected chi connectivity index (χ2v) is 4.67. The van der Waals surface area contributed by atoms with Crippen LogP contribution in [0, 0.1) is 5.92 Å². The van der Waals surface area contributed by atoms with Gasteiger partial charge in [0.05, 0.1) is 0 Å². The van der Waals surface area contributed by atoms with Crippen molar-refractivity contribution in [1.82, 2.24) is 9.36 Å². The summed E-state index contributed by atoms with van der Waals surface area (Å²) < 4.78 is 4.22. The Morgan fingerprint density at radius 2 is 2.19 bits per heavy atom. The monoisotopic (exact) mass is 243 g/mol. The molecule has 0 fully saturated rings. The van der Waals surface area contributed by atoms with Crippen molar-refractivity contribution < 1.29 is 5.11 Å². The Bertz CT molecular complexity index is 285. The van der Waals surface area contributed by atoms with Crippen LogP contribution in [-0.2, 0) is 6.42 Å². The summed E-state index contributed by atoms with van der Waals surface area (Å²) >= 11 is 1.42. The Morgan fingerprint density at radius 1 is 1.38 bits per heavy atom. The minimum atomic E-state index is 0.267. The van der Waals surface area contributed by atoms with E-state index in [1.165, 1.54) is 11.5 Å². The van der Waals surface area contributed by atoms with Crippen LogP contribution in [0.15, 0.2) is 0 Å². The highest BCUT2D eigenvalue weighted by Crippen LogP contribution is 2.15. The molecule has 1 aromatic heterocycles. The summed E-state index contributed by atoms with van der Waals surface area (Å²) in [7, 11) is 0. The minimum Gasteiger partial charge on any atom is -0.396 e. The molecule has 0 saturated heterocycles. The SMILES string of the molecule is CCCC(CCO)CNc1nc(CC)ns1. The smallest absolute Gasteiger partial charge is 0.202 e. The van der Waals surface area contributed by atoms with E-state index in [0.717, 1.165) is 43.2 Å². The van der Waals surface area contributed by atoms with Crippen molar-refractivity contribution in [2.75, 3.05) is 18.5 Å². The van der Waals surface area contributed by atoms with Gasteiger partial charge in [-0.1, -0.05) is 20.3 Å². The Kier molecular flexibility index (Phi) is 6.33. The first-order chi connectivity index (χ1) is 7.80. The molecule has 0 amide bonds. The van der Waals surface area contributed by atoms with Crippen LogP contribution in [0.1, 0.15) is 38.9 Å². The lowest BCUT2D eigenvalue weighted by molar-refractivity contribution is 0.255. The van der Waals surface area contributed by atoms with Crippen molar-refractivity contribution in [2.45, 2.75) is 39.5 Å². The number of rotatable bonds is 8. The van der Waals surface area contributed by atoms with Gasteiger partial charge in [0.15, 0.2) is 0 Å². The number of aryl methyl sites for hydroxylation is 1. The molecule has 1 rings (SSSR count). The third kappa shape index (κ3) is 4.45. The summed E-state index contributed by atoms with van der Waals surface area (Å²) in [4.78, 5) is 4.35. The molecule has 1 unspecified atom stereocenters. The molecule has 5 heteroatoms. The van der Waals surface area contributed by atoms with Crippen LogP contribution < -0.4 is 5.32 Å². The van der Waals surface area contributed by atoms with E-state index in [0.29, 0.717) is 5.92 Å². The highest BCUT2D eigenvalue weighted by atomic mass is 32.1. The standard InChI is InChI=1S/C11H21N3OS/c1-3-5-9(6-7-15)8-12-11-13-10(4-2)14-16-11/h9,15H,3-8H2,1-2H3,(H,12,13,14). The van der Waals surface area contributed by atoms with Crippen molar-refractivity contribution >= 4 is 16.7 Å². The van der Waals surface area contributed by atoms with Crippen LogP contribution in [0.4, 0.5) is 5.13 Å². The van der Waals surface area contributed by atoms with Crippen LogP contribution in [0.2, 0.25) is 0 Å². The molecule has 1 aromatic rings. The van der Waals surface area contributed by atoms with Gasteiger partial charge in [0.2, 0.25) is 5.13 Å². The Labute approximate surface area is 101 Å². The zero-order valence-corrected chi connectivity index (χ0v) is 10.9. The summed E-state index contributed by atoms with van der Waals surface area (Å²) in [5.41, 5.74) is 0. The number of nitrogens with one attached hydrogen (secondary N) is 1. The highest BCUT2D eigenvalue weighted by Gasteiger charge is 2.08. The average Bonchev–Trinajstić information content (AvgIpc) is 2.74. The molecule has 1 atom stereocenters. The lowest BCUT2D eigenvalue weighted by atomic mass is 10.0. The molecule has 0 aliphatic heterocycles. The van der Waals surface area contributed by atoms with Gasteiger partial charge in [-0.05, 0) is 18.8 Å². The molecule has 0 aliphatic carbocycles. The predicted molar refractivity (Wildman–Crippen MR) is 67.9 cm³/mol. The molecule has 0 spiro atoms. The maximum Gasteiger partial charge on any atom is 0.202 e. The number of nitrogens with zero attached hydrogens (tertiary/aromatic N) is 2. The summed E-state index contributed by atoms with van der Waals surface area (Å²) in [5, 5.41) is 13.2. The van der Waals surface area contributed by atoms with Gasteiger partial charge in [0.1, 0.15) is 5.82 Å². The summed E-state index contributed by atoms with van der Waals surface area (Å²) in [6.45, 7) is 5.37. The third-order valence-corrected chi connectivity index (χ3v) is 3.27. The van der Waals surface area contributed by atoms with Crippen LogP contribution in [0.25, 0.3) is 0 Å². The Hall–Kier alpha value is -0.680. The average molecular weight is 243 g/mol. The van der Waals surface area contributed by atoms with Gasteiger partial charge in [-0.25, -0.2) is 4.98 Å². The van der Waals surface area contributed by atoms with Gasteiger partial charge in [0, 0.05) is 31.1 Å². The lowest BCUT2D eigenvalue weighted by Gasteiger charge is -2.14. The molecule has 2 N–H and O–H groups in total. The summed E-state index contributed by atoms with van der Waals surface area (Å²) in [6, 6.07) is 0. The van der Waals surface area contributed by atoms with Crippen LogP contribution in [-0.4, -0.2) is 27.6 Å². The predicted octanol–water partition coefficient (Wildman–Crippen LogP) is 2.31. The van der Waals surface area contributed by atoms with Gasteiger partial charge < -0.3 is 10.4 Å². The van der Waals surface area contributed by atoms with E-state index < -0.39 is 0 Å². The van der Waals surface area contributed by atoms with Crippen LogP contribution in [0.3, 0.4) is 0 Å². The van der Waals surface area contributed by atoms with E-state index in [-0.39, 0.29) is 6.61 Å². The first-order valence-electron chi connectivity index (χ1n) is 5.97. The van der Waals surface area contributed by atoms with Crippen molar-refractivity contribution in [3.05, 3.63) is 5.82 Å². The van der Waals surface area contributed by atoms with Crippen LogP contribution >= 0.6 is 11.5 Å². The van der Waals surface area contributed by atoms with Crippen molar-refractivity contribution in [3.63, 3.8) is 0 Å². The second kappa shape index (κ2) is 7.57. The zero-order chi connectivity index (χ0) is 11.8. The fraction of sp³-hybridized carbons (Fsp3) is 0.818. The number of anilines is 1. The minimum absolute atomic E-state index is 0.267. The topological polar surface area (TPSA) is 58.0 Å². The zero-order valence-electron chi connectivity index (χ0n) is 10.1. The van der Waals surface area contributed by atoms with Gasteiger partial charge in [-0.2, -0.15) is 4.37 Å². The Morgan fingerprint density at radius 3 is 2.75 bits per heavy atom. The van der Waals surface area contributed by atoms with Crippen molar-refractivity contribution in [2.24, 2.45) is 5.92 Å². The number of aliphatic hydroxyl groups excluding tert-OH is 1. The molecule has 4 nitrogen and oxygen atoms in total. The second-order valence-electron chi connectivity index (χ2n) is 3.92. The normalized spacial score (nSPS) is 12.7. The van der Waals surface area contributed by atoms with E-state index in [4.69, 9.17) is 5.11 Å². The molecule has 0 aliphatic rings. The molecule has 92 valence electrons. The quantitative estimate of drug-likeness (QED) is 0.735. The van der Waals surface area contributed by atoms with E-state index in [2.05, 4.69) is 28.5 Å². The molecular formula is C11H21N3OS. The van der Waals surface area contributed by atoms with Gasteiger partial charge in [0.25, 0.3) is 0 Å². The Balaban J connectivity index is 2.35. The molecule has 16 heavy (non-hydrogen) atoms. The number of aliphatic hydroxyl groups is 1. The van der Waals surface area contributed by atoms with Crippen molar-refractivity contribution in [3.8, 4) is 0 Å². The van der Waals surface area contributed by atoms with E-state index in [1.54, 1.807) is 0 Å². The summed E-state index contributed by atoms with van der Waals surface area (Å²) in [6.07, 6.45) is 4.04. The third-order valence-electron chi connectivity index (χ3n) is 2.56. The van der Waals surface area contributed by atoms with Gasteiger partial charge in [-0.15, -0.1) is 0 Å². The fourth-order valence-corrected chi connectivity index (χ4v) is 2.30. The van der Waals surface area contributed by atoms with E-state index in [1.807, 2.05) is 0 Å². The first-order valence-corrected chi connectivity index (χ1v) is 6.74. The van der Waals surface area contributed by atoms with E-state index in [9.17, 15) is 0 Å². The molecule has 0 saturated carbocycles. The molecule has 0 radical (unpaired) electrons. The number of hydrogen-bond acceptors (Lipinski definition) is 5. The maximum absolute atomic E-state index is 8.95. The number of hydrogen-bond donors (Lipinski definition) is 2. The van der Waals surface area contributed by atoms with Crippen molar-refractivity contribution in [1.29, 1.82) is 0 Å². The van der Waals surface area contributed by atoms with Gasteiger partial charge >= 0.3 is 0 Å². The maximum atomic E-state index is 8.95. The first kappa shape index (κ1) is 13.4. The molecule has 1 heterocycles. The van der Waals surface area contributed by atoms with Crippen LogP contribution in [0.5, 0.6) is 0 Å². The summed E-state index contributed by atoms with van der Waals surface area (Å²) in [5.74, 6) is 1.44. The highest BCUT2D eigenvalue weighted by molar-refractivity contribution is 7.09. The number of aromatic nitrogens is 2. The fourth-order valence-electron chi connectivity index (χ4n) is 1.64. The van der Waals surface area contributed by atoms with E-state index >= 15 is 0 Å². The molecule has 0 bridgehead atoms. The molecular weight excluding hydrogens is 222 g/mol. The molecule has 0 aromatic carbocycles.